The highest BCUT2D eigenvalue weighted by atomic mass is 16.1. The summed E-state index contributed by atoms with van der Waals surface area (Å²) in [6, 6.07) is 16.5. The number of nitrogens with one attached hydrogen (secondary N) is 1. The summed E-state index contributed by atoms with van der Waals surface area (Å²) >= 11 is 0. The van der Waals surface area contributed by atoms with Crippen molar-refractivity contribution >= 4 is 5.91 Å². The highest BCUT2D eigenvalue weighted by molar-refractivity contribution is 5.94. The van der Waals surface area contributed by atoms with Crippen molar-refractivity contribution in [3.8, 4) is 0 Å². The van der Waals surface area contributed by atoms with Crippen LogP contribution in [0.25, 0.3) is 0 Å². The van der Waals surface area contributed by atoms with Crippen molar-refractivity contribution in [2.75, 3.05) is 13.1 Å². The summed E-state index contributed by atoms with van der Waals surface area (Å²) in [5, 5.41) is 3.16. The number of benzene rings is 2. The third-order valence-electron chi connectivity index (χ3n) is 5.01. The molecule has 0 saturated carbocycles. The van der Waals surface area contributed by atoms with Crippen LogP contribution in [0, 0.1) is 6.92 Å². The molecule has 1 amide bonds. The topological polar surface area (TPSA) is 32.3 Å². The number of aryl methyl sites for hydroxylation is 1. The summed E-state index contributed by atoms with van der Waals surface area (Å²) in [4.78, 5) is 15.1. The molecule has 2 aromatic rings. The van der Waals surface area contributed by atoms with E-state index in [2.05, 4.69) is 60.5 Å². The minimum atomic E-state index is 0.000137. The van der Waals surface area contributed by atoms with Gasteiger partial charge in [0.05, 0.1) is 6.04 Å². The first-order valence-corrected chi connectivity index (χ1v) is 9.34. The van der Waals surface area contributed by atoms with Crippen molar-refractivity contribution < 1.29 is 4.79 Å². The third kappa shape index (κ3) is 4.70. The minimum Gasteiger partial charge on any atom is -0.345 e. The number of hydrogen-bond donors (Lipinski definition) is 1. The zero-order valence-corrected chi connectivity index (χ0v) is 15.3. The molecule has 1 saturated heterocycles. The van der Waals surface area contributed by atoms with E-state index in [1.807, 2.05) is 12.1 Å². The second-order valence-electron chi connectivity index (χ2n) is 7.03. The zero-order valence-electron chi connectivity index (χ0n) is 15.3. The molecule has 132 valence electrons. The van der Waals surface area contributed by atoms with Crippen molar-refractivity contribution in [3.05, 3.63) is 70.8 Å². The summed E-state index contributed by atoms with van der Waals surface area (Å²) in [5.41, 5.74) is 4.41. The standard InChI is InChI=1S/C22H28N2O/c1-3-21(19-10-6-17(2)7-11-19)23-22(25)20-12-8-18(9-13-20)16-24-14-4-5-15-24/h6-13,21H,3-5,14-16H2,1-2H3,(H,23,25). The average Bonchev–Trinajstić information content (AvgIpc) is 3.14. The number of carbonyl (C=O) groups excluding carboxylic acids is 1. The van der Waals surface area contributed by atoms with Gasteiger partial charge in [0.15, 0.2) is 0 Å². The molecule has 0 radical (unpaired) electrons. The maximum Gasteiger partial charge on any atom is 0.251 e. The summed E-state index contributed by atoms with van der Waals surface area (Å²) < 4.78 is 0. The molecule has 0 aliphatic carbocycles. The molecule has 1 heterocycles. The van der Waals surface area contributed by atoms with E-state index in [-0.39, 0.29) is 11.9 Å². The van der Waals surface area contributed by atoms with Gasteiger partial charge in [-0.25, -0.2) is 0 Å². The van der Waals surface area contributed by atoms with Gasteiger partial charge in [0.25, 0.3) is 5.91 Å². The molecule has 1 unspecified atom stereocenters. The highest BCUT2D eigenvalue weighted by Gasteiger charge is 2.15. The fourth-order valence-electron chi connectivity index (χ4n) is 3.42. The van der Waals surface area contributed by atoms with Gasteiger partial charge in [0, 0.05) is 12.1 Å². The van der Waals surface area contributed by atoms with Crippen molar-refractivity contribution in [2.24, 2.45) is 0 Å². The fourth-order valence-corrected chi connectivity index (χ4v) is 3.42. The number of likely N-dealkylation sites (tertiary alicyclic amines) is 1. The van der Waals surface area contributed by atoms with Crippen LogP contribution < -0.4 is 5.32 Å². The van der Waals surface area contributed by atoms with Crippen molar-refractivity contribution in [1.29, 1.82) is 0 Å². The molecular weight excluding hydrogens is 308 g/mol. The monoisotopic (exact) mass is 336 g/mol. The SMILES string of the molecule is CCC(NC(=O)c1ccc(CN2CCCC2)cc1)c1ccc(C)cc1. The van der Waals surface area contributed by atoms with Gasteiger partial charge in [0.1, 0.15) is 0 Å². The summed E-state index contributed by atoms with van der Waals surface area (Å²) in [6.07, 6.45) is 3.48. The predicted octanol–water partition coefficient (Wildman–Crippen LogP) is 4.47. The zero-order chi connectivity index (χ0) is 17.6. The lowest BCUT2D eigenvalue weighted by molar-refractivity contribution is 0.0935. The Bertz CT molecular complexity index is 685. The van der Waals surface area contributed by atoms with Crippen LogP contribution >= 0.6 is 0 Å². The lowest BCUT2D eigenvalue weighted by atomic mass is 10.0. The van der Waals surface area contributed by atoms with E-state index in [4.69, 9.17) is 0 Å². The second kappa shape index (κ2) is 8.30. The smallest absolute Gasteiger partial charge is 0.251 e. The first-order chi connectivity index (χ1) is 12.2. The van der Waals surface area contributed by atoms with E-state index in [9.17, 15) is 4.79 Å². The van der Waals surface area contributed by atoms with Crippen LogP contribution in [0.3, 0.4) is 0 Å². The number of hydrogen-bond acceptors (Lipinski definition) is 2. The Hall–Kier alpha value is -2.13. The lowest BCUT2D eigenvalue weighted by Gasteiger charge is -2.18. The molecule has 25 heavy (non-hydrogen) atoms. The second-order valence-corrected chi connectivity index (χ2v) is 7.03. The van der Waals surface area contributed by atoms with Gasteiger partial charge >= 0.3 is 0 Å². The molecule has 2 aromatic carbocycles. The van der Waals surface area contributed by atoms with Gasteiger partial charge in [-0.15, -0.1) is 0 Å². The molecule has 1 aliphatic rings. The van der Waals surface area contributed by atoms with Crippen LogP contribution in [-0.2, 0) is 6.54 Å². The Morgan fingerprint density at radius 2 is 1.68 bits per heavy atom. The molecular formula is C22H28N2O. The summed E-state index contributed by atoms with van der Waals surface area (Å²) in [6.45, 7) is 7.55. The number of amides is 1. The van der Waals surface area contributed by atoms with Crippen LogP contribution in [0.5, 0.6) is 0 Å². The third-order valence-corrected chi connectivity index (χ3v) is 5.01. The summed E-state index contributed by atoms with van der Waals surface area (Å²) in [5.74, 6) is 0.000137. The van der Waals surface area contributed by atoms with Gasteiger partial charge in [0.2, 0.25) is 0 Å². The average molecular weight is 336 g/mol. The molecule has 1 fully saturated rings. The minimum absolute atomic E-state index is 0.000137. The van der Waals surface area contributed by atoms with Gasteiger partial charge in [-0.1, -0.05) is 48.9 Å². The maximum absolute atomic E-state index is 12.6. The lowest BCUT2D eigenvalue weighted by Crippen LogP contribution is -2.28. The van der Waals surface area contributed by atoms with E-state index in [1.54, 1.807) is 0 Å². The molecule has 1 atom stereocenters. The van der Waals surface area contributed by atoms with Crippen LogP contribution in [0.1, 0.15) is 59.3 Å². The van der Waals surface area contributed by atoms with E-state index in [0.29, 0.717) is 0 Å². The maximum atomic E-state index is 12.6. The van der Waals surface area contributed by atoms with Crippen molar-refractivity contribution in [3.63, 3.8) is 0 Å². The van der Waals surface area contributed by atoms with Crippen molar-refractivity contribution in [1.82, 2.24) is 10.2 Å². The van der Waals surface area contributed by atoms with Gasteiger partial charge in [-0.3, -0.25) is 9.69 Å². The first kappa shape index (κ1) is 17.7. The van der Waals surface area contributed by atoms with Gasteiger partial charge < -0.3 is 5.32 Å². The van der Waals surface area contributed by atoms with E-state index in [1.165, 1.54) is 37.1 Å². The fraction of sp³-hybridized carbons (Fsp3) is 0.409. The molecule has 0 aromatic heterocycles. The molecule has 3 rings (SSSR count). The Labute approximate surface area is 151 Å². The quantitative estimate of drug-likeness (QED) is 0.844. The predicted molar refractivity (Wildman–Crippen MR) is 103 cm³/mol. The Morgan fingerprint density at radius 1 is 1.04 bits per heavy atom. The van der Waals surface area contributed by atoms with E-state index in [0.717, 1.165) is 24.1 Å². The molecule has 0 spiro atoms. The number of rotatable bonds is 6. The van der Waals surface area contributed by atoms with Crippen molar-refractivity contribution in [2.45, 2.75) is 45.7 Å². The van der Waals surface area contributed by atoms with E-state index >= 15 is 0 Å². The van der Waals surface area contributed by atoms with Crippen LogP contribution in [0.2, 0.25) is 0 Å². The normalized spacial score (nSPS) is 15.9. The molecule has 3 heteroatoms. The number of carbonyl (C=O) groups is 1. The molecule has 3 nitrogen and oxygen atoms in total. The Balaban J connectivity index is 1.62. The Morgan fingerprint density at radius 3 is 2.28 bits per heavy atom. The van der Waals surface area contributed by atoms with Crippen LogP contribution in [-0.4, -0.2) is 23.9 Å². The molecule has 1 N–H and O–H groups in total. The number of nitrogens with zero attached hydrogens (tertiary/aromatic N) is 1. The Kier molecular flexibility index (Phi) is 5.87. The largest absolute Gasteiger partial charge is 0.345 e. The first-order valence-electron chi connectivity index (χ1n) is 9.34. The molecule has 0 bridgehead atoms. The van der Waals surface area contributed by atoms with Gasteiger partial charge in [-0.05, 0) is 62.5 Å². The van der Waals surface area contributed by atoms with E-state index < -0.39 is 0 Å². The highest BCUT2D eigenvalue weighted by Crippen LogP contribution is 2.18. The van der Waals surface area contributed by atoms with Crippen LogP contribution in [0.4, 0.5) is 0 Å². The van der Waals surface area contributed by atoms with Crippen LogP contribution in [0.15, 0.2) is 48.5 Å². The van der Waals surface area contributed by atoms with Gasteiger partial charge in [-0.2, -0.15) is 0 Å². The molecule has 1 aliphatic heterocycles. The summed E-state index contributed by atoms with van der Waals surface area (Å²) in [7, 11) is 0.